The molecule has 4 heteroatoms. The molecule has 0 spiro atoms. The smallest absolute Gasteiger partial charge is 0.221 e. The summed E-state index contributed by atoms with van der Waals surface area (Å²) in [6.07, 6.45) is 2.50. The summed E-state index contributed by atoms with van der Waals surface area (Å²) in [6.45, 7) is 7.38. The molecule has 2 N–H and O–H groups in total. The second kappa shape index (κ2) is 6.86. The lowest BCUT2D eigenvalue weighted by atomic mass is 9.92. The Labute approximate surface area is 98.0 Å². The van der Waals surface area contributed by atoms with Crippen molar-refractivity contribution in [2.45, 2.75) is 39.2 Å². The lowest BCUT2D eigenvalue weighted by Gasteiger charge is -2.33. The van der Waals surface area contributed by atoms with E-state index in [4.69, 9.17) is 0 Å². The van der Waals surface area contributed by atoms with Crippen LogP contribution in [0.3, 0.4) is 0 Å². The average molecular weight is 228 g/mol. The molecule has 1 atom stereocenters. The fraction of sp³-hybridized carbons (Fsp3) is 0.917. The van der Waals surface area contributed by atoms with E-state index in [1.807, 2.05) is 13.8 Å². The van der Waals surface area contributed by atoms with Gasteiger partial charge in [0.2, 0.25) is 5.91 Å². The molecule has 0 radical (unpaired) electrons. The summed E-state index contributed by atoms with van der Waals surface area (Å²) in [5.74, 6) is 0.584. The molecule has 1 aliphatic rings. The Kier molecular flexibility index (Phi) is 5.77. The highest BCUT2D eigenvalue weighted by Crippen LogP contribution is 2.20. The second-order valence-corrected chi connectivity index (χ2v) is 4.62. The summed E-state index contributed by atoms with van der Waals surface area (Å²) >= 11 is 0. The van der Waals surface area contributed by atoms with Gasteiger partial charge in [0.25, 0.3) is 0 Å². The van der Waals surface area contributed by atoms with Gasteiger partial charge in [-0.3, -0.25) is 4.79 Å². The molecule has 1 saturated heterocycles. The molecule has 1 aliphatic heterocycles. The molecule has 1 fully saturated rings. The van der Waals surface area contributed by atoms with E-state index in [0.29, 0.717) is 18.9 Å². The van der Waals surface area contributed by atoms with Crippen LogP contribution in [0.25, 0.3) is 0 Å². The summed E-state index contributed by atoms with van der Waals surface area (Å²) in [5.41, 5.74) is 0. The van der Waals surface area contributed by atoms with Crippen LogP contribution in [0.1, 0.15) is 33.1 Å². The van der Waals surface area contributed by atoms with Crippen LogP contribution in [0.5, 0.6) is 0 Å². The van der Waals surface area contributed by atoms with Crippen molar-refractivity contribution >= 4 is 5.91 Å². The number of nitrogens with zero attached hydrogens (tertiary/aromatic N) is 1. The number of rotatable bonds is 5. The normalized spacial score (nSPS) is 20.7. The van der Waals surface area contributed by atoms with E-state index >= 15 is 0 Å². The van der Waals surface area contributed by atoms with E-state index in [-0.39, 0.29) is 12.0 Å². The molecule has 0 aromatic carbocycles. The number of hydrogen-bond donors (Lipinski definition) is 2. The Balaban J connectivity index is 2.15. The van der Waals surface area contributed by atoms with Crippen molar-refractivity contribution in [1.82, 2.24) is 10.2 Å². The zero-order valence-electron chi connectivity index (χ0n) is 10.4. The van der Waals surface area contributed by atoms with Gasteiger partial charge >= 0.3 is 0 Å². The molecule has 1 heterocycles. The zero-order chi connectivity index (χ0) is 12.0. The van der Waals surface area contributed by atoms with Gasteiger partial charge in [0.15, 0.2) is 0 Å². The van der Waals surface area contributed by atoms with Crippen LogP contribution in [0.2, 0.25) is 0 Å². The van der Waals surface area contributed by atoms with Gasteiger partial charge in [0, 0.05) is 19.5 Å². The van der Waals surface area contributed by atoms with Crippen LogP contribution in [0.15, 0.2) is 0 Å². The molecule has 0 bridgehead atoms. The molecule has 0 aromatic heterocycles. The van der Waals surface area contributed by atoms with Gasteiger partial charge in [-0.2, -0.15) is 0 Å². The fourth-order valence-electron chi connectivity index (χ4n) is 2.20. The Bertz CT molecular complexity index is 211. The molecule has 0 saturated carbocycles. The predicted octanol–water partition coefficient (Wildman–Crippen LogP) is 0.605. The van der Waals surface area contributed by atoms with Gasteiger partial charge in [-0.05, 0) is 45.7 Å². The SMILES string of the molecule is CCNC(=O)CCN1CCC(C(C)O)CC1. The maximum atomic E-state index is 11.3. The third kappa shape index (κ3) is 4.49. The van der Waals surface area contributed by atoms with E-state index < -0.39 is 0 Å². The molecule has 1 rings (SSSR count). The average Bonchev–Trinajstić information content (AvgIpc) is 2.27. The van der Waals surface area contributed by atoms with Gasteiger partial charge in [0.1, 0.15) is 0 Å². The molecule has 16 heavy (non-hydrogen) atoms. The van der Waals surface area contributed by atoms with E-state index in [0.717, 1.165) is 32.5 Å². The van der Waals surface area contributed by atoms with Crippen LogP contribution >= 0.6 is 0 Å². The summed E-state index contributed by atoms with van der Waals surface area (Å²) < 4.78 is 0. The number of carbonyl (C=O) groups is 1. The third-order valence-electron chi connectivity index (χ3n) is 3.34. The van der Waals surface area contributed by atoms with Gasteiger partial charge in [0.05, 0.1) is 6.10 Å². The second-order valence-electron chi connectivity index (χ2n) is 4.62. The topological polar surface area (TPSA) is 52.6 Å². The van der Waals surface area contributed by atoms with E-state index in [1.165, 1.54) is 0 Å². The summed E-state index contributed by atoms with van der Waals surface area (Å²) in [7, 11) is 0. The fourth-order valence-corrected chi connectivity index (χ4v) is 2.20. The quantitative estimate of drug-likeness (QED) is 0.725. The lowest BCUT2D eigenvalue weighted by molar-refractivity contribution is -0.121. The maximum Gasteiger partial charge on any atom is 0.221 e. The van der Waals surface area contributed by atoms with Crippen LogP contribution in [0, 0.1) is 5.92 Å². The van der Waals surface area contributed by atoms with Crippen molar-refractivity contribution in [3.05, 3.63) is 0 Å². The first-order valence-electron chi connectivity index (χ1n) is 6.30. The standard InChI is InChI=1S/C12H24N2O2/c1-3-13-12(16)6-9-14-7-4-11(5-8-14)10(2)15/h10-11,15H,3-9H2,1-2H3,(H,13,16). The summed E-state index contributed by atoms with van der Waals surface area (Å²) in [4.78, 5) is 13.6. The van der Waals surface area contributed by atoms with E-state index in [9.17, 15) is 9.90 Å². The van der Waals surface area contributed by atoms with Crippen molar-refractivity contribution in [1.29, 1.82) is 0 Å². The number of nitrogens with one attached hydrogen (secondary N) is 1. The van der Waals surface area contributed by atoms with Gasteiger partial charge < -0.3 is 15.3 Å². The predicted molar refractivity (Wildman–Crippen MR) is 64.1 cm³/mol. The minimum Gasteiger partial charge on any atom is -0.393 e. The summed E-state index contributed by atoms with van der Waals surface area (Å²) in [6, 6.07) is 0. The number of piperidine rings is 1. The van der Waals surface area contributed by atoms with Crippen molar-refractivity contribution < 1.29 is 9.90 Å². The molecular weight excluding hydrogens is 204 g/mol. The molecule has 94 valence electrons. The Morgan fingerprint density at radius 3 is 2.62 bits per heavy atom. The first kappa shape index (κ1) is 13.5. The molecule has 1 unspecified atom stereocenters. The largest absolute Gasteiger partial charge is 0.393 e. The molecular formula is C12H24N2O2. The number of amides is 1. The lowest BCUT2D eigenvalue weighted by Crippen LogP contribution is -2.39. The Hall–Kier alpha value is -0.610. The molecule has 4 nitrogen and oxygen atoms in total. The van der Waals surface area contributed by atoms with Gasteiger partial charge in [-0.15, -0.1) is 0 Å². The molecule has 0 aromatic rings. The van der Waals surface area contributed by atoms with E-state index in [2.05, 4.69) is 10.2 Å². The van der Waals surface area contributed by atoms with Crippen LogP contribution < -0.4 is 5.32 Å². The summed E-state index contributed by atoms with van der Waals surface area (Å²) in [5, 5.41) is 12.3. The van der Waals surface area contributed by atoms with Crippen molar-refractivity contribution in [3.63, 3.8) is 0 Å². The molecule has 0 aliphatic carbocycles. The Morgan fingerprint density at radius 2 is 2.12 bits per heavy atom. The van der Waals surface area contributed by atoms with Crippen molar-refractivity contribution in [3.8, 4) is 0 Å². The van der Waals surface area contributed by atoms with Crippen molar-refractivity contribution in [2.75, 3.05) is 26.2 Å². The van der Waals surface area contributed by atoms with Gasteiger partial charge in [-0.1, -0.05) is 0 Å². The van der Waals surface area contributed by atoms with Crippen LogP contribution in [0.4, 0.5) is 0 Å². The number of aliphatic hydroxyl groups is 1. The highest BCUT2D eigenvalue weighted by atomic mass is 16.3. The first-order valence-corrected chi connectivity index (χ1v) is 6.30. The highest BCUT2D eigenvalue weighted by Gasteiger charge is 2.22. The monoisotopic (exact) mass is 228 g/mol. The van der Waals surface area contributed by atoms with Crippen LogP contribution in [-0.2, 0) is 4.79 Å². The third-order valence-corrected chi connectivity index (χ3v) is 3.34. The molecule has 1 amide bonds. The highest BCUT2D eigenvalue weighted by molar-refractivity contribution is 5.75. The number of likely N-dealkylation sites (tertiary alicyclic amines) is 1. The van der Waals surface area contributed by atoms with Gasteiger partial charge in [-0.25, -0.2) is 0 Å². The van der Waals surface area contributed by atoms with E-state index in [1.54, 1.807) is 0 Å². The first-order chi connectivity index (χ1) is 7.63. The zero-order valence-corrected chi connectivity index (χ0v) is 10.4. The maximum absolute atomic E-state index is 11.3. The Morgan fingerprint density at radius 1 is 1.50 bits per heavy atom. The minimum absolute atomic E-state index is 0.139. The number of aliphatic hydroxyl groups excluding tert-OH is 1. The van der Waals surface area contributed by atoms with Crippen LogP contribution in [-0.4, -0.2) is 48.2 Å². The van der Waals surface area contributed by atoms with Crippen molar-refractivity contribution in [2.24, 2.45) is 5.92 Å². The number of hydrogen-bond acceptors (Lipinski definition) is 3. The number of carbonyl (C=O) groups excluding carboxylic acids is 1. The minimum atomic E-state index is -0.189.